The highest BCUT2D eigenvalue weighted by molar-refractivity contribution is 5.96. The Morgan fingerprint density at radius 1 is 0.962 bits per heavy atom. The number of nitrogens with one attached hydrogen (secondary N) is 2. The second-order valence-electron chi connectivity index (χ2n) is 6.05. The van der Waals surface area contributed by atoms with Gasteiger partial charge in [-0.3, -0.25) is 9.59 Å². The fraction of sp³-hybridized carbons (Fsp3) is 0.250. The van der Waals surface area contributed by atoms with Crippen molar-refractivity contribution >= 4 is 17.8 Å². The van der Waals surface area contributed by atoms with E-state index in [1.807, 2.05) is 19.9 Å². The van der Waals surface area contributed by atoms with Crippen LogP contribution in [0, 0.1) is 0 Å². The molecular formula is C20H22N2O4. The molecule has 0 fully saturated rings. The molecule has 136 valence electrons. The molecule has 0 radical (unpaired) electrons. The Morgan fingerprint density at radius 2 is 1.62 bits per heavy atom. The number of benzene rings is 2. The molecule has 2 rings (SSSR count). The summed E-state index contributed by atoms with van der Waals surface area (Å²) in [7, 11) is 0. The van der Waals surface area contributed by atoms with E-state index < -0.39 is 5.97 Å². The van der Waals surface area contributed by atoms with Crippen LogP contribution in [0.5, 0.6) is 0 Å². The van der Waals surface area contributed by atoms with Crippen molar-refractivity contribution in [2.75, 3.05) is 0 Å². The van der Waals surface area contributed by atoms with Crippen LogP contribution in [0.1, 0.15) is 56.9 Å². The molecule has 6 nitrogen and oxygen atoms in total. The number of carbonyl (C=O) groups excluding carboxylic acids is 2. The lowest BCUT2D eigenvalue weighted by molar-refractivity contribution is 0.0696. The van der Waals surface area contributed by atoms with Gasteiger partial charge < -0.3 is 15.7 Å². The van der Waals surface area contributed by atoms with Crippen molar-refractivity contribution in [3.05, 3.63) is 70.8 Å². The predicted octanol–water partition coefficient (Wildman–Crippen LogP) is 2.84. The summed E-state index contributed by atoms with van der Waals surface area (Å²) in [5.74, 6) is -1.49. The van der Waals surface area contributed by atoms with Crippen molar-refractivity contribution < 1.29 is 19.5 Å². The average Bonchev–Trinajstić information content (AvgIpc) is 2.66. The van der Waals surface area contributed by atoms with Gasteiger partial charge >= 0.3 is 5.97 Å². The van der Waals surface area contributed by atoms with E-state index >= 15 is 0 Å². The molecule has 3 N–H and O–H groups in total. The van der Waals surface area contributed by atoms with Crippen LogP contribution in [-0.2, 0) is 6.54 Å². The first-order valence-corrected chi connectivity index (χ1v) is 8.42. The molecule has 0 saturated heterocycles. The Morgan fingerprint density at radius 3 is 2.23 bits per heavy atom. The van der Waals surface area contributed by atoms with Crippen molar-refractivity contribution in [2.45, 2.75) is 32.9 Å². The molecule has 1 unspecified atom stereocenters. The summed E-state index contributed by atoms with van der Waals surface area (Å²) in [6.45, 7) is 4.21. The SMILES string of the molecule is CCC(C)NC(=O)c1cccc(CNC(=O)c2ccc(C(=O)O)cc2)c1. The molecule has 2 aromatic rings. The maximum absolute atomic E-state index is 12.2. The first-order valence-electron chi connectivity index (χ1n) is 8.42. The molecule has 26 heavy (non-hydrogen) atoms. The third-order valence-electron chi connectivity index (χ3n) is 4.03. The van der Waals surface area contributed by atoms with Crippen LogP contribution in [-0.4, -0.2) is 28.9 Å². The first-order chi connectivity index (χ1) is 12.4. The molecule has 0 aliphatic rings. The molecule has 1 atom stereocenters. The first kappa shape index (κ1) is 19.2. The van der Waals surface area contributed by atoms with Gasteiger partial charge in [-0.25, -0.2) is 4.79 Å². The van der Waals surface area contributed by atoms with Crippen molar-refractivity contribution in [3.63, 3.8) is 0 Å². The van der Waals surface area contributed by atoms with Crippen LogP contribution < -0.4 is 10.6 Å². The topological polar surface area (TPSA) is 95.5 Å². The molecule has 0 aliphatic carbocycles. The van der Waals surface area contributed by atoms with Gasteiger partial charge in [-0.2, -0.15) is 0 Å². The molecule has 6 heteroatoms. The van der Waals surface area contributed by atoms with Gasteiger partial charge in [0.1, 0.15) is 0 Å². The molecular weight excluding hydrogens is 332 g/mol. The van der Waals surface area contributed by atoms with E-state index in [2.05, 4.69) is 10.6 Å². The lowest BCUT2D eigenvalue weighted by Crippen LogP contribution is -2.32. The maximum Gasteiger partial charge on any atom is 0.335 e. The minimum atomic E-state index is -1.04. The van der Waals surface area contributed by atoms with Crippen LogP contribution >= 0.6 is 0 Å². The number of hydrogen-bond donors (Lipinski definition) is 3. The number of carboxylic acid groups (broad SMARTS) is 1. The highest BCUT2D eigenvalue weighted by Gasteiger charge is 2.10. The smallest absolute Gasteiger partial charge is 0.335 e. The lowest BCUT2D eigenvalue weighted by Gasteiger charge is -2.12. The second-order valence-corrected chi connectivity index (χ2v) is 6.05. The number of rotatable bonds is 7. The Balaban J connectivity index is 1.98. The zero-order valence-electron chi connectivity index (χ0n) is 14.8. The minimum Gasteiger partial charge on any atom is -0.478 e. The summed E-state index contributed by atoms with van der Waals surface area (Å²) in [5.41, 5.74) is 1.85. The van der Waals surface area contributed by atoms with Crippen molar-refractivity contribution in [2.24, 2.45) is 0 Å². The van der Waals surface area contributed by atoms with Crippen LogP contribution in [0.25, 0.3) is 0 Å². The molecule has 0 aliphatic heterocycles. The fourth-order valence-electron chi connectivity index (χ4n) is 2.28. The zero-order chi connectivity index (χ0) is 19.1. The van der Waals surface area contributed by atoms with Crippen molar-refractivity contribution in [1.82, 2.24) is 10.6 Å². The van der Waals surface area contributed by atoms with E-state index in [0.717, 1.165) is 12.0 Å². The monoisotopic (exact) mass is 354 g/mol. The van der Waals surface area contributed by atoms with E-state index in [0.29, 0.717) is 11.1 Å². The van der Waals surface area contributed by atoms with Crippen LogP contribution in [0.3, 0.4) is 0 Å². The Labute approximate surface area is 152 Å². The fourth-order valence-corrected chi connectivity index (χ4v) is 2.28. The van der Waals surface area contributed by atoms with Crippen LogP contribution in [0.15, 0.2) is 48.5 Å². The lowest BCUT2D eigenvalue weighted by atomic mass is 10.1. The summed E-state index contributed by atoms with van der Waals surface area (Å²) in [6.07, 6.45) is 0.849. The third-order valence-corrected chi connectivity index (χ3v) is 4.03. The summed E-state index contributed by atoms with van der Waals surface area (Å²) in [5, 5.41) is 14.5. The highest BCUT2D eigenvalue weighted by Crippen LogP contribution is 2.08. The van der Waals surface area contributed by atoms with Crippen LogP contribution in [0.2, 0.25) is 0 Å². The largest absolute Gasteiger partial charge is 0.478 e. The van der Waals surface area contributed by atoms with Crippen LogP contribution in [0.4, 0.5) is 0 Å². The number of carboxylic acids is 1. The van der Waals surface area contributed by atoms with Gasteiger partial charge in [0, 0.05) is 23.7 Å². The van der Waals surface area contributed by atoms with Gasteiger partial charge in [-0.15, -0.1) is 0 Å². The normalized spacial score (nSPS) is 11.5. The van der Waals surface area contributed by atoms with Gasteiger partial charge in [0.2, 0.25) is 0 Å². The van der Waals surface area contributed by atoms with E-state index in [-0.39, 0.29) is 30.0 Å². The van der Waals surface area contributed by atoms with Gasteiger partial charge in [-0.1, -0.05) is 19.1 Å². The Kier molecular flexibility index (Phi) is 6.49. The standard InChI is InChI=1S/C20H22N2O4/c1-3-13(2)22-19(24)17-6-4-5-14(11-17)12-21-18(23)15-7-9-16(10-8-15)20(25)26/h4-11,13H,3,12H2,1-2H3,(H,21,23)(H,22,24)(H,25,26). The minimum absolute atomic E-state index is 0.0969. The Hall–Kier alpha value is -3.15. The molecule has 0 spiro atoms. The van der Waals surface area contributed by atoms with E-state index in [9.17, 15) is 14.4 Å². The molecule has 2 amide bonds. The average molecular weight is 354 g/mol. The predicted molar refractivity (Wildman–Crippen MR) is 98.2 cm³/mol. The Bertz CT molecular complexity index is 800. The number of aromatic carboxylic acids is 1. The van der Waals surface area contributed by atoms with E-state index in [1.165, 1.54) is 24.3 Å². The van der Waals surface area contributed by atoms with Gasteiger partial charge in [0.05, 0.1) is 5.56 Å². The number of amides is 2. The molecule has 0 saturated carbocycles. The van der Waals surface area contributed by atoms with E-state index in [1.54, 1.807) is 18.2 Å². The third kappa shape index (κ3) is 5.17. The summed E-state index contributed by atoms with van der Waals surface area (Å²) in [6, 6.07) is 12.9. The number of hydrogen-bond acceptors (Lipinski definition) is 3. The molecule has 0 heterocycles. The van der Waals surface area contributed by atoms with Gasteiger partial charge in [0.15, 0.2) is 0 Å². The number of carbonyl (C=O) groups is 3. The maximum atomic E-state index is 12.2. The summed E-state index contributed by atoms with van der Waals surface area (Å²) >= 11 is 0. The summed E-state index contributed by atoms with van der Waals surface area (Å²) < 4.78 is 0. The summed E-state index contributed by atoms with van der Waals surface area (Å²) in [4.78, 5) is 35.2. The quantitative estimate of drug-likeness (QED) is 0.712. The van der Waals surface area contributed by atoms with E-state index in [4.69, 9.17) is 5.11 Å². The molecule has 2 aromatic carbocycles. The molecule has 0 aromatic heterocycles. The van der Waals surface area contributed by atoms with Crippen molar-refractivity contribution in [3.8, 4) is 0 Å². The second kappa shape index (κ2) is 8.80. The molecule has 0 bridgehead atoms. The van der Waals surface area contributed by atoms with Gasteiger partial charge in [-0.05, 0) is 55.3 Å². The highest BCUT2D eigenvalue weighted by atomic mass is 16.4. The zero-order valence-corrected chi connectivity index (χ0v) is 14.8. The van der Waals surface area contributed by atoms with Gasteiger partial charge in [0.25, 0.3) is 11.8 Å². The van der Waals surface area contributed by atoms with Crippen molar-refractivity contribution in [1.29, 1.82) is 0 Å².